The summed E-state index contributed by atoms with van der Waals surface area (Å²) in [5.41, 5.74) is 3.04. The highest BCUT2D eigenvalue weighted by atomic mass is 14.9. The molecule has 1 aromatic rings. The largest absolute Gasteiger partial charge is 0.309 e. The first-order valence-electron chi connectivity index (χ1n) is 9.17. The number of nitrogens with one attached hydrogen (secondary N) is 1. The topological polar surface area (TPSA) is 12.0 Å². The van der Waals surface area contributed by atoms with Gasteiger partial charge in [0.15, 0.2) is 0 Å². The van der Waals surface area contributed by atoms with E-state index in [9.17, 15) is 0 Å². The lowest BCUT2D eigenvalue weighted by Crippen LogP contribution is -2.54. The molecule has 1 aromatic carbocycles. The summed E-state index contributed by atoms with van der Waals surface area (Å²) < 4.78 is 0. The molecule has 0 heterocycles. The highest BCUT2D eigenvalue weighted by molar-refractivity contribution is 5.28. The van der Waals surface area contributed by atoms with Gasteiger partial charge in [-0.3, -0.25) is 0 Å². The van der Waals surface area contributed by atoms with Gasteiger partial charge >= 0.3 is 0 Å². The summed E-state index contributed by atoms with van der Waals surface area (Å²) in [5, 5.41) is 3.95. The Hall–Kier alpha value is -0.820. The number of rotatable bonds is 4. The predicted molar refractivity (Wildman–Crippen MR) is 86.1 cm³/mol. The molecule has 6 rings (SSSR count). The van der Waals surface area contributed by atoms with Gasteiger partial charge in [-0.2, -0.15) is 0 Å². The van der Waals surface area contributed by atoms with Crippen LogP contribution in [0.1, 0.15) is 62.0 Å². The minimum Gasteiger partial charge on any atom is -0.309 e. The molecule has 112 valence electrons. The average molecular weight is 281 g/mol. The van der Waals surface area contributed by atoms with Gasteiger partial charge in [-0.1, -0.05) is 24.3 Å². The van der Waals surface area contributed by atoms with Crippen molar-refractivity contribution < 1.29 is 0 Å². The Kier molecular flexibility index (Phi) is 2.93. The van der Waals surface area contributed by atoms with Gasteiger partial charge < -0.3 is 5.32 Å². The maximum atomic E-state index is 3.95. The second-order valence-electron chi connectivity index (χ2n) is 8.35. The smallest absolute Gasteiger partial charge is 0.0208 e. The van der Waals surface area contributed by atoms with Crippen LogP contribution in [-0.2, 0) is 6.54 Å². The van der Waals surface area contributed by atoms with E-state index in [1.165, 1.54) is 44.1 Å². The van der Waals surface area contributed by atoms with Crippen molar-refractivity contribution >= 4 is 0 Å². The van der Waals surface area contributed by atoms with Crippen LogP contribution in [0.5, 0.6) is 0 Å². The molecule has 1 heteroatoms. The van der Waals surface area contributed by atoms with Gasteiger partial charge in [0.25, 0.3) is 0 Å². The summed E-state index contributed by atoms with van der Waals surface area (Å²) in [6.45, 7) is 1.08. The molecule has 0 aliphatic heterocycles. The number of hydrogen-bond donors (Lipinski definition) is 1. The molecule has 5 fully saturated rings. The van der Waals surface area contributed by atoms with E-state index < -0.39 is 0 Å². The van der Waals surface area contributed by atoms with Crippen LogP contribution in [0.4, 0.5) is 0 Å². The fourth-order valence-corrected chi connectivity index (χ4v) is 5.82. The normalized spacial score (nSPS) is 40.7. The first-order valence-corrected chi connectivity index (χ1v) is 9.17. The van der Waals surface area contributed by atoms with Crippen LogP contribution < -0.4 is 5.32 Å². The second-order valence-corrected chi connectivity index (χ2v) is 8.35. The molecule has 0 atom stereocenters. The maximum absolute atomic E-state index is 3.95. The van der Waals surface area contributed by atoms with E-state index in [2.05, 4.69) is 29.6 Å². The molecular weight excluding hydrogens is 254 g/mol. The highest BCUT2D eigenvalue weighted by Crippen LogP contribution is 2.53. The van der Waals surface area contributed by atoms with Crippen LogP contribution in [0.25, 0.3) is 0 Å². The van der Waals surface area contributed by atoms with Crippen LogP contribution in [0, 0.1) is 23.7 Å². The summed E-state index contributed by atoms with van der Waals surface area (Å²) in [6, 6.07) is 10.3. The first-order chi connectivity index (χ1) is 10.3. The predicted octanol–water partition coefficient (Wildman–Crippen LogP) is 4.48. The SMILES string of the molecule is c1cc(C2CC2)ccc1CNC1C2CC3CC(C2)CC1C3. The summed E-state index contributed by atoms with van der Waals surface area (Å²) in [5.74, 6) is 5.04. The lowest BCUT2D eigenvalue weighted by Gasteiger charge is -2.54. The summed E-state index contributed by atoms with van der Waals surface area (Å²) in [4.78, 5) is 0. The number of benzene rings is 1. The molecule has 0 unspecified atom stereocenters. The van der Waals surface area contributed by atoms with E-state index in [-0.39, 0.29) is 0 Å². The second kappa shape index (κ2) is 4.84. The van der Waals surface area contributed by atoms with Crippen molar-refractivity contribution in [3.8, 4) is 0 Å². The van der Waals surface area contributed by atoms with E-state index in [4.69, 9.17) is 0 Å². The lowest BCUT2D eigenvalue weighted by atomic mass is 9.54. The molecule has 1 nitrogen and oxygen atoms in total. The molecule has 5 aliphatic rings. The van der Waals surface area contributed by atoms with Gasteiger partial charge in [0, 0.05) is 12.6 Å². The Labute approximate surface area is 128 Å². The molecule has 0 radical (unpaired) electrons. The molecule has 21 heavy (non-hydrogen) atoms. The monoisotopic (exact) mass is 281 g/mol. The lowest BCUT2D eigenvalue weighted by molar-refractivity contribution is -0.0142. The molecule has 4 bridgehead atoms. The van der Waals surface area contributed by atoms with E-state index in [0.717, 1.165) is 42.2 Å². The van der Waals surface area contributed by atoms with Crippen molar-refractivity contribution in [2.45, 2.75) is 63.5 Å². The zero-order valence-electron chi connectivity index (χ0n) is 12.9. The van der Waals surface area contributed by atoms with Crippen LogP contribution in [0.3, 0.4) is 0 Å². The highest BCUT2D eigenvalue weighted by Gasteiger charge is 2.47. The Morgan fingerprint density at radius 2 is 1.43 bits per heavy atom. The minimum atomic E-state index is 0.820. The Balaban J connectivity index is 1.23. The van der Waals surface area contributed by atoms with Crippen LogP contribution >= 0.6 is 0 Å². The van der Waals surface area contributed by atoms with Crippen molar-refractivity contribution in [3.63, 3.8) is 0 Å². The van der Waals surface area contributed by atoms with Gasteiger partial charge in [-0.25, -0.2) is 0 Å². The summed E-state index contributed by atoms with van der Waals surface area (Å²) in [7, 11) is 0. The van der Waals surface area contributed by atoms with Crippen molar-refractivity contribution in [2.75, 3.05) is 0 Å². The maximum Gasteiger partial charge on any atom is 0.0208 e. The molecule has 0 spiro atoms. The molecule has 0 saturated heterocycles. The van der Waals surface area contributed by atoms with E-state index in [0.29, 0.717) is 0 Å². The third-order valence-electron chi connectivity index (χ3n) is 6.80. The molecule has 5 aliphatic carbocycles. The first kappa shape index (κ1) is 12.7. The average Bonchev–Trinajstić information content (AvgIpc) is 3.31. The van der Waals surface area contributed by atoms with Gasteiger partial charge in [0.2, 0.25) is 0 Å². The van der Waals surface area contributed by atoms with Crippen molar-refractivity contribution in [1.29, 1.82) is 0 Å². The third-order valence-corrected chi connectivity index (χ3v) is 6.80. The Morgan fingerprint density at radius 1 is 0.810 bits per heavy atom. The zero-order chi connectivity index (χ0) is 13.8. The van der Waals surface area contributed by atoms with Gasteiger partial charge in [0.1, 0.15) is 0 Å². The van der Waals surface area contributed by atoms with Gasteiger partial charge in [0.05, 0.1) is 0 Å². The standard InChI is InChI=1S/C20H27N/c1-3-16(17-5-6-17)4-2-13(1)12-21-20-18-8-14-7-15(10-18)11-19(20)9-14/h1-4,14-15,17-21H,5-12H2. The van der Waals surface area contributed by atoms with Crippen molar-refractivity contribution in [1.82, 2.24) is 5.32 Å². The Morgan fingerprint density at radius 3 is 2.00 bits per heavy atom. The summed E-state index contributed by atoms with van der Waals surface area (Å²) >= 11 is 0. The molecule has 1 N–H and O–H groups in total. The fourth-order valence-electron chi connectivity index (χ4n) is 5.82. The molecule has 5 saturated carbocycles. The molecule has 0 amide bonds. The fraction of sp³-hybridized carbons (Fsp3) is 0.700. The summed E-state index contributed by atoms with van der Waals surface area (Å²) in [6.07, 6.45) is 10.5. The molecule has 0 aromatic heterocycles. The van der Waals surface area contributed by atoms with Gasteiger partial charge in [-0.05, 0) is 85.7 Å². The van der Waals surface area contributed by atoms with Crippen molar-refractivity contribution in [3.05, 3.63) is 35.4 Å². The Bertz CT molecular complexity index is 485. The minimum absolute atomic E-state index is 0.820. The number of hydrogen-bond acceptors (Lipinski definition) is 1. The van der Waals surface area contributed by atoms with Crippen LogP contribution in [0.2, 0.25) is 0 Å². The van der Waals surface area contributed by atoms with E-state index >= 15 is 0 Å². The molecular formula is C20H27N. The third kappa shape index (κ3) is 2.34. The van der Waals surface area contributed by atoms with Crippen LogP contribution in [-0.4, -0.2) is 6.04 Å². The van der Waals surface area contributed by atoms with Crippen molar-refractivity contribution in [2.24, 2.45) is 23.7 Å². The quantitative estimate of drug-likeness (QED) is 0.858. The van der Waals surface area contributed by atoms with Gasteiger partial charge in [-0.15, -0.1) is 0 Å². The van der Waals surface area contributed by atoms with Crippen LogP contribution in [0.15, 0.2) is 24.3 Å². The zero-order valence-corrected chi connectivity index (χ0v) is 12.9. The van der Waals surface area contributed by atoms with E-state index in [1.54, 1.807) is 12.0 Å². The van der Waals surface area contributed by atoms with E-state index in [1.807, 2.05) is 0 Å².